The fourth-order valence-electron chi connectivity index (χ4n) is 3.25. The molecule has 0 fully saturated rings. The Morgan fingerprint density at radius 3 is 2.71 bits per heavy atom. The summed E-state index contributed by atoms with van der Waals surface area (Å²) in [4.78, 5) is 31.6. The van der Waals surface area contributed by atoms with E-state index < -0.39 is 5.97 Å². The molecular formula is C22H20N2O4. The summed E-state index contributed by atoms with van der Waals surface area (Å²) in [5.74, 6) is -0.0860. The van der Waals surface area contributed by atoms with Crippen LogP contribution in [0.1, 0.15) is 28.1 Å². The average Bonchev–Trinajstić information content (AvgIpc) is 3.03. The van der Waals surface area contributed by atoms with Crippen molar-refractivity contribution in [2.75, 3.05) is 0 Å². The van der Waals surface area contributed by atoms with Gasteiger partial charge in [0.15, 0.2) is 0 Å². The summed E-state index contributed by atoms with van der Waals surface area (Å²) in [5.41, 5.74) is 5.07. The molecule has 0 bridgehead atoms. The van der Waals surface area contributed by atoms with E-state index in [1.807, 2.05) is 45.0 Å². The molecule has 4 aromatic rings. The summed E-state index contributed by atoms with van der Waals surface area (Å²) in [5, 5.41) is 1.43. The minimum absolute atomic E-state index is 0.0896. The number of hydrogen-bond acceptors (Lipinski definition) is 5. The van der Waals surface area contributed by atoms with E-state index in [2.05, 4.69) is 9.97 Å². The number of para-hydroxylation sites is 1. The van der Waals surface area contributed by atoms with Gasteiger partial charge in [0, 0.05) is 10.9 Å². The van der Waals surface area contributed by atoms with Gasteiger partial charge in [0.2, 0.25) is 0 Å². The van der Waals surface area contributed by atoms with Crippen molar-refractivity contribution in [1.29, 1.82) is 0 Å². The highest BCUT2D eigenvalue weighted by Crippen LogP contribution is 2.25. The van der Waals surface area contributed by atoms with Crippen molar-refractivity contribution < 1.29 is 13.9 Å². The van der Waals surface area contributed by atoms with E-state index >= 15 is 0 Å². The minimum Gasteiger partial charge on any atom is -0.464 e. The molecule has 0 saturated heterocycles. The van der Waals surface area contributed by atoms with Crippen LogP contribution in [0.5, 0.6) is 0 Å². The van der Waals surface area contributed by atoms with E-state index in [1.165, 1.54) is 0 Å². The Morgan fingerprint density at radius 2 is 1.89 bits per heavy atom. The molecule has 0 radical (unpaired) electrons. The van der Waals surface area contributed by atoms with Crippen LogP contribution in [0.25, 0.3) is 21.9 Å². The van der Waals surface area contributed by atoms with Gasteiger partial charge in [0.1, 0.15) is 18.0 Å². The third-order valence-electron chi connectivity index (χ3n) is 4.96. The molecule has 0 aliphatic rings. The van der Waals surface area contributed by atoms with Crippen molar-refractivity contribution in [2.45, 2.75) is 33.8 Å². The molecule has 0 aliphatic heterocycles. The quantitative estimate of drug-likeness (QED) is 0.546. The second-order valence-corrected chi connectivity index (χ2v) is 7.01. The topological polar surface area (TPSA) is 85.2 Å². The van der Waals surface area contributed by atoms with E-state index in [4.69, 9.17) is 9.15 Å². The molecule has 6 heteroatoms. The molecule has 142 valence electrons. The maximum Gasteiger partial charge on any atom is 0.310 e. The number of aromatic amines is 1. The van der Waals surface area contributed by atoms with Crippen LogP contribution in [-0.2, 0) is 22.6 Å². The normalized spacial score (nSPS) is 11.2. The van der Waals surface area contributed by atoms with E-state index in [1.54, 1.807) is 12.3 Å². The van der Waals surface area contributed by atoms with Gasteiger partial charge in [-0.1, -0.05) is 12.1 Å². The number of aryl methyl sites for hydroxylation is 3. The summed E-state index contributed by atoms with van der Waals surface area (Å²) in [6, 6.07) is 9.40. The largest absolute Gasteiger partial charge is 0.464 e. The molecule has 2 aromatic carbocycles. The number of fused-ring (bicyclic) bond motifs is 2. The van der Waals surface area contributed by atoms with Crippen molar-refractivity contribution in [1.82, 2.24) is 9.97 Å². The highest BCUT2D eigenvalue weighted by Gasteiger charge is 2.14. The first kappa shape index (κ1) is 18.0. The van der Waals surface area contributed by atoms with E-state index in [9.17, 15) is 9.59 Å². The van der Waals surface area contributed by atoms with Crippen molar-refractivity contribution in [3.05, 3.63) is 75.0 Å². The molecule has 4 rings (SSSR count). The molecule has 0 aliphatic carbocycles. The van der Waals surface area contributed by atoms with E-state index in [0.29, 0.717) is 16.7 Å². The molecule has 28 heavy (non-hydrogen) atoms. The van der Waals surface area contributed by atoms with Gasteiger partial charge in [-0.05, 0) is 55.7 Å². The van der Waals surface area contributed by atoms with Gasteiger partial charge in [-0.25, -0.2) is 4.98 Å². The lowest BCUT2D eigenvalue weighted by atomic mass is 10.0. The van der Waals surface area contributed by atoms with Crippen LogP contribution in [-0.4, -0.2) is 15.9 Å². The first-order valence-corrected chi connectivity index (χ1v) is 9.04. The second kappa shape index (κ2) is 6.96. The number of benzene rings is 2. The maximum absolute atomic E-state index is 12.3. The van der Waals surface area contributed by atoms with Gasteiger partial charge >= 0.3 is 5.97 Å². The number of furan rings is 1. The number of carbonyl (C=O) groups is 1. The molecule has 6 nitrogen and oxygen atoms in total. The smallest absolute Gasteiger partial charge is 0.310 e. The van der Waals surface area contributed by atoms with Gasteiger partial charge in [0.25, 0.3) is 5.56 Å². The first-order valence-electron chi connectivity index (χ1n) is 9.04. The minimum atomic E-state index is -0.409. The molecule has 0 atom stereocenters. The number of aromatic nitrogens is 2. The zero-order valence-electron chi connectivity index (χ0n) is 16.0. The number of H-pyrrole nitrogens is 1. The lowest BCUT2D eigenvalue weighted by Gasteiger charge is -2.06. The van der Waals surface area contributed by atoms with Crippen molar-refractivity contribution in [3.8, 4) is 0 Å². The molecule has 2 heterocycles. The SMILES string of the molecule is Cc1cc2occ(CC(=O)OCc3nc4c(C)cccc4c(=O)[nH]3)c2cc1C. The number of esters is 1. The monoisotopic (exact) mass is 376 g/mol. The summed E-state index contributed by atoms with van der Waals surface area (Å²) in [7, 11) is 0. The van der Waals surface area contributed by atoms with Crippen LogP contribution in [0.2, 0.25) is 0 Å². The average molecular weight is 376 g/mol. The summed E-state index contributed by atoms with van der Waals surface area (Å²) in [6.45, 7) is 5.84. The van der Waals surface area contributed by atoms with Gasteiger partial charge in [-0.15, -0.1) is 0 Å². The Labute approximate surface area is 161 Å². The predicted molar refractivity (Wildman–Crippen MR) is 106 cm³/mol. The lowest BCUT2D eigenvalue weighted by molar-refractivity contribution is -0.144. The van der Waals surface area contributed by atoms with Crippen LogP contribution in [0.3, 0.4) is 0 Å². The van der Waals surface area contributed by atoms with Gasteiger partial charge in [-0.2, -0.15) is 0 Å². The fourth-order valence-corrected chi connectivity index (χ4v) is 3.25. The highest BCUT2D eigenvalue weighted by atomic mass is 16.5. The molecular weight excluding hydrogens is 356 g/mol. The zero-order valence-corrected chi connectivity index (χ0v) is 16.0. The summed E-state index contributed by atoms with van der Waals surface area (Å²) in [6.07, 6.45) is 1.68. The molecule has 0 amide bonds. The standard InChI is InChI=1S/C22H20N2O4/c1-12-5-4-6-16-21(12)23-19(24-22(16)26)11-28-20(25)9-15-10-27-18-8-14(3)13(2)7-17(15)18/h4-8,10H,9,11H2,1-3H3,(H,23,24,26). The van der Waals surface area contributed by atoms with Crippen LogP contribution >= 0.6 is 0 Å². The van der Waals surface area contributed by atoms with E-state index in [0.717, 1.165) is 33.2 Å². The molecule has 0 unspecified atom stereocenters. The van der Waals surface area contributed by atoms with Crippen LogP contribution < -0.4 is 5.56 Å². The predicted octanol–water partition coefficient (Wildman–Crippen LogP) is 3.88. The number of ether oxygens (including phenoxy) is 1. The Balaban J connectivity index is 1.51. The van der Waals surface area contributed by atoms with Gasteiger partial charge in [0.05, 0.1) is 23.6 Å². The van der Waals surface area contributed by atoms with Crippen molar-refractivity contribution in [2.24, 2.45) is 0 Å². The number of carbonyl (C=O) groups excluding carboxylic acids is 1. The first-order chi connectivity index (χ1) is 13.4. The van der Waals surface area contributed by atoms with Gasteiger partial charge in [-0.3, -0.25) is 9.59 Å². The second-order valence-electron chi connectivity index (χ2n) is 7.01. The van der Waals surface area contributed by atoms with Crippen LogP contribution in [0, 0.1) is 20.8 Å². The molecule has 0 saturated carbocycles. The Kier molecular flexibility index (Phi) is 4.47. The number of hydrogen-bond donors (Lipinski definition) is 1. The number of nitrogens with one attached hydrogen (secondary N) is 1. The highest BCUT2D eigenvalue weighted by molar-refractivity contribution is 5.87. The lowest BCUT2D eigenvalue weighted by Crippen LogP contribution is -2.15. The maximum atomic E-state index is 12.3. The fraction of sp³-hybridized carbons (Fsp3) is 0.227. The summed E-state index contributed by atoms with van der Waals surface area (Å²) >= 11 is 0. The van der Waals surface area contributed by atoms with Crippen molar-refractivity contribution in [3.63, 3.8) is 0 Å². The molecule has 1 N–H and O–H groups in total. The Morgan fingerprint density at radius 1 is 1.11 bits per heavy atom. The number of nitrogens with zero attached hydrogens (tertiary/aromatic N) is 1. The number of rotatable bonds is 4. The molecule has 2 aromatic heterocycles. The van der Waals surface area contributed by atoms with E-state index in [-0.39, 0.29) is 18.6 Å². The van der Waals surface area contributed by atoms with Crippen LogP contribution in [0.15, 0.2) is 45.8 Å². The Bertz CT molecular complexity index is 1270. The zero-order chi connectivity index (χ0) is 19.8. The van der Waals surface area contributed by atoms with Crippen molar-refractivity contribution >= 4 is 27.8 Å². The Hall–Kier alpha value is -3.41. The van der Waals surface area contributed by atoms with Gasteiger partial charge < -0.3 is 14.1 Å². The third-order valence-corrected chi connectivity index (χ3v) is 4.96. The third kappa shape index (κ3) is 3.29. The summed E-state index contributed by atoms with van der Waals surface area (Å²) < 4.78 is 10.9. The molecule has 0 spiro atoms. The van der Waals surface area contributed by atoms with Crippen LogP contribution in [0.4, 0.5) is 0 Å².